The molecule has 0 aromatic heterocycles. The van der Waals surface area contributed by atoms with E-state index in [-0.39, 0.29) is 6.10 Å². The van der Waals surface area contributed by atoms with Crippen LogP contribution < -0.4 is 4.74 Å². The number of benzene rings is 1. The topological polar surface area (TPSA) is 41.8 Å². The summed E-state index contributed by atoms with van der Waals surface area (Å²) >= 11 is 0. The highest BCUT2D eigenvalue weighted by molar-refractivity contribution is 6.00. The van der Waals surface area contributed by atoms with Gasteiger partial charge in [0.15, 0.2) is 0 Å². The van der Waals surface area contributed by atoms with Crippen molar-refractivity contribution in [2.24, 2.45) is 5.16 Å². The van der Waals surface area contributed by atoms with Gasteiger partial charge in [-0.05, 0) is 49.1 Å². The third kappa shape index (κ3) is 3.77. The van der Waals surface area contributed by atoms with Crippen molar-refractivity contribution in [2.45, 2.75) is 46.1 Å². The standard InChI is InChI=1S/C14H21NO2/c1-4-12(5-2)17-13-9-7-11(8-10-13)14(6-3)15-16/h7-10,12,16H,4-6H2,1-3H3. The van der Waals surface area contributed by atoms with E-state index in [0.717, 1.165) is 24.2 Å². The summed E-state index contributed by atoms with van der Waals surface area (Å²) in [6.45, 7) is 6.20. The molecule has 0 aliphatic carbocycles. The maximum Gasteiger partial charge on any atom is 0.119 e. The normalized spacial score (nSPS) is 11.9. The van der Waals surface area contributed by atoms with Gasteiger partial charge in [-0.2, -0.15) is 0 Å². The Morgan fingerprint density at radius 3 is 2.18 bits per heavy atom. The fourth-order valence-electron chi connectivity index (χ4n) is 1.71. The molecule has 0 aliphatic rings. The van der Waals surface area contributed by atoms with Crippen molar-refractivity contribution in [3.8, 4) is 5.75 Å². The zero-order chi connectivity index (χ0) is 12.7. The van der Waals surface area contributed by atoms with E-state index in [9.17, 15) is 0 Å². The molecule has 3 heteroatoms. The Balaban J connectivity index is 2.74. The molecule has 0 spiro atoms. The van der Waals surface area contributed by atoms with Crippen LogP contribution >= 0.6 is 0 Å². The lowest BCUT2D eigenvalue weighted by molar-refractivity contribution is 0.193. The fraction of sp³-hybridized carbons (Fsp3) is 0.500. The van der Waals surface area contributed by atoms with Crippen molar-refractivity contribution >= 4 is 5.71 Å². The molecule has 0 aliphatic heterocycles. The predicted octanol–water partition coefficient (Wildman–Crippen LogP) is 3.84. The largest absolute Gasteiger partial charge is 0.490 e. The van der Waals surface area contributed by atoms with Gasteiger partial charge in [-0.15, -0.1) is 0 Å². The van der Waals surface area contributed by atoms with Crippen molar-refractivity contribution in [1.82, 2.24) is 0 Å². The smallest absolute Gasteiger partial charge is 0.119 e. The van der Waals surface area contributed by atoms with E-state index >= 15 is 0 Å². The summed E-state index contributed by atoms with van der Waals surface area (Å²) in [4.78, 5) is 0. The van der Waals surface area contributed by atoms with Gasteiger partial charge in [-0.3, -0.25) is 0 Å². The van der Waals surface area contributed by atoms with Crippen molar-refractivity contribution in [3.63, 3.8) is 0 Å². The second kappa shape index (κ2) is 6.94. The van der Waals surface area contributed by atoms with Crippen LogP contribution in [0.15, 0.2) is 29.4 Å². The van der Waals surface area contributed by atoms with Crippen LogP contribution in [-0.2, 0) is 0 Å². The van der Waals surface area contributed by atoms with E-state index in [4.69, 9.17) is 9.94 Å². The Hall–Kier alpha value is -1.51. The second-order valence-electron chi connectivity index (χ2n) is 3.98. The third-order valence-corrected chi connectivity index (χ3v) is 2.86. The molecule has 17 heavy (non-hydrogen) atoms. The zero-order valence-electron chi connectivity index (χ0n) is 10.8. The third-order valence-electron chi connectivity index (χ3n) is 2.86. The lowest BCUT2D eigenvalue weighted by Crippen LogP contribution is -2.13. The molecule has 0 unspecified atom stereocenters. The molecule has 1 N–H and O–H groups in total. The highest BCUT2D eigenvalue weighted by Crippen LogP contribution is 2.17. The fourth-order valence-corrected chi connectivity index (χ4v) is 1.71. The first-order valence-corrected chi connectivity index (χ1v) is 6.23. The summed E-state index contributed by atoms with van der Waals surface area (Å²) in [5.74, 6) is 0.871. The van der Waals surface area contributed by atoms with Crippen LogP contribution in [0.5, 0.6) is 5.75 Å². The Labute approximate surface area is 103 Å². The number of rotatable bonds is 6. The molecule has 0 radical (unpaired) electrons. The molecular weight excluding hydrogens is 214 g/mol. The molecule has 1 aromatic carbocycles. The van der Waals surface area contributed by atoms with E-state index in [1.165, 1.54) is 0 Å². The summed E-state index contributed by atoms with van der Waals surface area (Å²) in [6, 6.07) is 7.70. The quantitative estimate of drug-likeness (QED) is 0.462. The Morgan fingerprint density at radius 1 is 1.18 bits per heavy atom. The van der Waals surface area contributed by atoms with Gasteiger partial charge in [0.25, 0.3) is 0 Å². The Morgan fingerprint density at radius 2 is 1.76 bits per heavy atom. The van der Waals surface area contributed by atoms with Crippen LogP contribution in [0.2, 0.25) is 0 Å². The van der Waals surface area contributed by atoms with E-state index < -0.39 is 0 Å². The molecular formula is C14H21NO2. The number of oxime groups is 1. The molecule has 0 amide bonds. The minimum atomic E-state index is 0.276. The van der Waals surface area contributed by atoms with Crippen LogP contribution in [0.4, 0.5) is 0 Å². The second-order valence-corrected chi connectivity index (χ2v) is 3.98. The van der Waals surface area contributed by atoms with E-state index in [2.05, 4.69) is 19.0 Å². The lowest BCUT2D eigenvalue weighted by Gasteiger charge is -2.15. The maximum atomic E-state index is 8.83. The Bertz CT molecular complexity index is 353. The molecule has 0 fully saturated rings. The van der Waals surface area contributed by atoms with Crippen LogP contribution in [0, 0.1) is 0 Å². The molecule has 1 aromatic rings. The molecule has 3 nitrogen and oxygen atoms in total. The molecule has 0 saturated carbocycles. The minimum absolute atomic E-state index is 0.276. The molecule has 0 bridgehead atoms. The summed E-state index contributed by atoms with van der Waals surface area (Å²) in [5.41, 5.74) is 1.63. The highest BCUT2D eigenvalue weighted by Gasteiger charge is 2.06. The van der Waals surface area contributed by atoms with Gasteiger partial charge in [-0.25, -0.2) is 0 Å². The van der Waals surface area contributed by atoms with E-state index in [0.29, 0.717) is 12.1 Å². The molecule has 0 saturated heterocycles. The predicted molar refractivity (Wildman–Crippen MR) is 70.1 cm³/mol. The van der Waals surface area contributed by atoms with E-state index in [1.807, 2.05) is 31.2 Å². The highest BCUT2D eigenvalue weighted by atomic mass is 16.5. The van der Waals surface area contributed by atoms with Gasteiger partial charge in [0.2, 0.25) is 0 Å². The monoisotopic (exact) mass is 235 g/mol. The number of hydrogen-bond donors (Lipinski definition) is 1. The van der Waals surface area contributed by atoms with Crippen LogP contribution in [0.25, 0.3) is 0 Å². The van der Waals surface area contributed by atoms with Crippen molar-refractivity contribution in [1.29, 1.82) is 0 Å². The first kappa shape index (κ1) is 13.6. The van der Waals surface area contributed by atoms with E-state index in [1.54, 1.807) is 0 Å². The number of nitrogens with zero attached hydrogens (tertiary/aromatic N) is 1. The average molecular weight is 235 g/mol. The maximum absolute atomic E-state index is 8.83. The van der Waals surface area contributed by atoms with Crippen LogP contribution in [0.1, 0.15) is 45.6 Å². The van der Waals surface area contributed by atoms with Gasteiger partial charge in [0.05, 0.1) is 11.8 Å². The molecule has 94 valence electrons. The first-order chi connectivity index (χ1) is 8.24. The minimum Gasteiger partial charge on any atom is -0.490 e. The summed E-state index contributed by atoms with van der Waals surface area (Å²) in [5, 5.41) is 12.1. The van der Waals surface area contributed by atoms with Gasteiger partial charge in [-0.1, -0.05) is 25.9 Å². The van der Waals surface area contributed by atoms with Gasteiger partial charge in [0, 0.05) is 0 Å². The zero-order valence-corrected chi connectivity index (χ0v) is 10.8. The Kier molecular flexibility index (Phi) is 5.53. The molecule has 0 heterocycles. The number of ether oxygens (including phenoxy) is 1. The van der Waals surface area contributed by atoms with Crippen LogP contribution in [0.3, 0.4) is 0 Å². The summed E-state index contributed by atoms with van der Waals surface area (Å²) in [6.07, 6.45) is 3.01. The van der Waals surface area contributed by atoms with Gasteiger partial charge < -0.3 is 9.94 Å². The average Bonchev–Trinajstić information content (AvgIpc) is 2.39. The molecule has 0 atom stereocenters. The van der Waals surface area contributed by atoms with Crippen LogP contribution in [-0.4, -0.2) is 17.0 Å². The van der Waals surface area contributed by atoms with Crippen molar-refractivity contribution in [3.05, 3.63) is 29.8 Å². The van der Waals surface area contributed by atoms with Gasteiger partial charge >= 0.3 is 0 Å². The van der Waals surface area contributed by atoms with Crippen molar-refractivity contribution < 1.29 is 9.94 Å². The van der Waals surface area contributed by atoms with Gasteiger partial charge in [0.1, 0.15) is 5.75 Å². The molecule has 1 rings (SSSR count). The van der Waals surface area contributed by atoms with Crippen molar-refractivity contribution in [2.75, 3.05) is 0 Å². The summed E-state index contributed by atoms with van der Waals surface area (Å²) < 4.78 is 5.81. The first-order valence-electron chi connectivity index (χ1n) is 6.23. The number of hydrogen-bond acceptors (Lipinski definition) is 3. The lowest BCUT2D eigenvalue weighted by atomic mass is 10.1. The summed E-state index contributed by atoms with van der Waals surface area (Å²) in [7, 11) is 0. The SMILES string of the molecule is CCC(=NO)c1ccc(OC(CC)CC)cc1.